The highest BCUT2D eigenvalue weighted by Gasteiger charge is 2.08. The molecule has 0 fully saturated rings. The van der Waals surface area contributed by atoms with Crippen molar-refractivity contribution < 1.29 is 9.72 Å². The van der Waals surface area contributed by atoms with Crippen LogP contribution in [0.4, 0.5) is 5.69 Å². The van der Waals surface area contributed by atoms with Crippen LogP contribution in [0.25, 0.3) is 0 Å². The fourth-order valence-electron chi connectivity index (χ4n) is 1.88. The maximum absolute atomic E-state index is 11.7. The molecule has 1 amide bonds. The Kier molecular flexibility index (Phi) is 5.82. The molecular weight excluding hydrogens is 318 g/mol. The quantitative estimate of drug-likeness (QED) is 0.500. The normalized spacial score (nSPS) is 10.7. The van der Waals surface area contributed by atoms with E-state index in [2.05, 4.69) is 10.5 Å². The van der Waals surface area contributed by atoms with Gasteiger partial charge in [0.2, 0.25) is 5.91 Å². The molecule has 6 nitrogen and oxygen atoms in total. The maximum atomic E-state index is 11.7. The van der Waals surface area contributed by atoms with Crippen molar-refractivity contribution in [2.75, 3.05) is 0 Å². The summed E-state index contributed by atoms with van der Waals surface area (Å²) in [6, 6.07) is 13.6. The Morgan fingerprint density at radius 1 is 1.26 bits per heavy atom. The molecule has 0 saturated heterocycles. The second kappa shape index (κ2) is 8.05. The topological polar surface area (TPSA) is 84.6 Å². The number of carbonyl (C=O) groups is 1. The van der Waals surface area contributed by atoms with E-state index in [0.717, 1.165) is 5.56 Å². The van der Waals surface area contributed by atoms with E-state index in [1.165, 1.54) is 24.4 Å². The van der Waals surface area contributed by atoms with Crippen LogP contribution in [0.1, 0.15) is 17.5 Å². The van der Waals surface area contributed by atoms with Gasteiger partial charge in [0.1, 0.15) is 0 Å². The minimum atomic E-state index is -0.522. The molecule has 2 aromatic carbocycles. The fourth-order valence-corrected chi connectivity index (χ4v) is 2.04. The predicted molar refractivity (Wildman–Crippen MR) is 88.6 cm³/mol. The summed E-state index contributed by atoms with van der Waals surface area (Å²) in [4.78, 5) is 21.9. The van der Waals surface area contributed by atoms with Crippen molar-refractivity contribution >= 4 is 29.4 Å². The molecule has 118 valence electrons. The number of amides is 1. The van der Waals surface area contributed by atoms with Crippen LogP contribution >= 0.6 is 11.6 Å². The number of nitro groups is 1. The van der Waals surface area contributed by atoms with Crippen molar-refractivity contribution in [2.24, 2.45) is 5.10 Å². The largest absolute Gasteiger partial charge is 0.273 e. The minimum Gasteiger partial charge on any atom is -0.273 e. The Balaban J connectivity index is 1.90. The van der Waals surface area contributed by atoms with Crippen LogP contribution in [-0.4, -0.2) is 17.0 Å². The van der Waals surface area contributed by atoms with Gasteiger partial charge >= 0.3 is 0 Å². The number of nitrogens with one attached hydrogen (secondary N) is 1. The second-order valence-corrected chi connectivity index (χ2v) is 5.15. The van der Waals surface area contributed by atoms with Crippen LogP contribution in [0.15, 0.2) is 53.6 Å². The first-order valence-electron chi connectivity index (χ1n) is 6.86. The molecule has 2 rings (SSSR count). The Morgan fingerprint density at radius 2 is 2.00 bits per heavy atom. The summed E-state index contributed by atoms with van der Waals surface area (Å²) in [5.74, 6) is -0.244. The number of rotatable bonds is 6. The lowest BCUT2D eigenvalue weighted by atomic mass is 10.1. The summed E-state index contributed by atoms with van der Waals surface area (Å²) in [6.45, 7) is 0. The highest BCUT2D eigenvalue weighted by molar-refractivity contribution is 6.33. The maximum Gasteiger partial charge on any atom is 0.270 e. The third-order valence-corrected chi connectivity index (χ3v) is 3.41. The molecule has 0 unspecified atom stereocenters. The summed E-state index contributed by atoms with van der Waals surface area (Å²) in [5.41, 5.74) is 3.72. The van der Waals surface area contributed by atoms with Crippen LogP contribution in [0, 0.1) is 10.1 Å². The van der Waals surface area contributed by atoms with Crippen LogP contribution in [-0.2, 0) is 11.2 Å². The first kappa shape index (κ1) is 16.6. The van der Waals surface area contributed by atoms with Gasteiger partial charge < -0.3 is 0 Å². The molecule has 0 radical (unpaired) electrons. The number of halogens is 1. The van der Waals surface area contributed by atoms with Crippen molar-refractivity contribution in [1.82, 2.24) is 5.43 Å². The molecule has 0 aliphatic carbocycles. The van der Waals surface area contributed by atoms with E-state index in [1.54, 1.807) is 0 Å². The zero-order chi connectivity index (χ0) is 16.7. The molecule has 23 heavy (non-hydrogen) atoms. The van der Waals surface area contributed by atoms with Crippen LogP contribution < -0.4 is 5.43 Å². The highest BCUT2D eigenvalue weighted by atomic mass is 35.5. The third kappa shape index (κ3) is 5.19. The first-order chi connectivity index (χ1) is 11.1. The van der Waals surface area contributed by atoms with Gasteiger partial charge in [0.05, 0.1) is 11.1 Å². The molecule has 0 spiro atoms. The first-order valence-corrected chi connectivity index (χ1v) is 7.24. The van der Waals surface area contributed by atoms with Gasteiger partial charge in [-0.15, -0.1) is 0 Å². The standard InChI is InChI=1S/C16H14ClN3O3/c17-15-8-7-14(20(22)23)10-13(15)11-18-19-16(21)9-6-12-4-2-1-3-5-12/h1-5,7-8,10-11H,6,9H2,(H,19,21)/b18-11-. The number of hydrogen-bond donors (Lipinski definition) is 1. The summed E-state index contributed by atoms with van der Waals surface area (Å²) < 4.78 is 0. The van der Waals surface area contributed by atoms with E-state index in [1.807, 2.05) is 30.3 Å². The van der Waals surface area contributed by atoms with E-state index in [-0.39, 0.29) is 11.6 Å². The monoisotopic (exact) mass is 331 g/mol. The van der Waals surface area contributed by atoms with Gasteiger partial charge in [0.15, 0.2) is 0 Å². The smallest absolute Gasteiger partial charge is 0.270 e. The molecule has 0 heterocycles. The Morgan fingerprint density at radius 3 is 2.70 bits per heavy atom. The van der Waals surface area contributed by atoms with Crippen molar-refractivity contribution in [2.45, 2.75) is 12.8 Å². The molecular formula is C16H14ClN3O3. The number of benzene rings is 2. The van der Waals surface area contributed by atoms with E-state index in [9.17, 15) is 14.9 Å². The average Bonchev–Trinajstić information content (AvgIpc) is 2.55. The summed E-state index contributed by atoms with van der Waals surface area (Å²) in [6.07, 6.45) is 2.19. The van der Waals surface area contributed by atoms with Crippen molar-refractivity contribution in [1.29, 1.82) is 0 Å². The van der Waals surface area contributed by atoms with E-state index < -0.39 is 4.92 Å². The van der Waals surface area contributed by atoms with Gasteiger partial charge in [-0.3, -0.25) is 14.9 Å². The molecule has 0 aromatic heterocycles. The predicted octanol–water partition coefficient (Wildman–Crippen LogP) is 3.33. The van der Waals surface area contributed by atoms with Crippen LogP contribution in [0.5, 0.6) is 0 Å². The van der Waals surface area contributed by atoms with Crippen LogP contribution in [0.3, 0.4) is 0 Å². The Bertz CT molecular complexity index is 733. The zero-order valence-corrected chi connectivity index (χ0v) is 12.9. The Labute approximate surface area is 137 Å². The Hall–Kier alpha value is -2.73. The molecule has 0 bridgehead atoms. The number of aryl methyl sites for hydroxylation is 1. The number of nitrogens with zero attached hydrogens (tertiary/aromatic N) is 2. The number of carbonyl (C=O) groups excluding carboxylic acids is 1. The van der Waals surface area contributed by atoms with Gasteiger partial charge in [-0.25, -0.2) is 5.43 Å². The van der Waals surface area contributed by atoms with Gasteiger partial charge in [0, 0.05) is 29.1 Å². The van der Waals surface area contributed by atoms with Crippen molar-refractivity contribution in [3.63, 3.8) is 0 Å². The number of non-ortho nitro benzene ring substituents is 1. The van der Waals surface area contributed by atoms with Gasteiger partial charge in [0.25, 0.3) is 5.69 Å². The number of hydrazone groups is 1. The molecule has 7 heteroatoms. The van der Waals surface area contributed by atoms with Gasteiger partial charge in [-0.1, -0.05) is 41.9 Å². The molecule has 0 aliphatic heterocycles. The summed E-state index contributed by atoms with van der Waals surface area (Å²) in [7, 11) is 0. The van der Waals surface area contributed by atoms with E-state index in [4.69, 9.17) is 11.6 Å². The minimum absolute atomic E-state index is 0.0914. The lowest BCUT2D eigenvalue weighted by Crippen LogP contribution is -2.17. The lowest BCUT2D eigenvalue weighted by Gasteiger charge is -2.01. The molecule has 2 aromatic rings. The van der Waals surface area contributed by atoms with Gasteiger partial charge in [-0.2, -0.15) is 5.10 Å². The third-order valence-electron chi connectivity index (χ3n) is 3.07. The fraction of sp³-hybridized carbons (Fsp3) is 0.125. The van der Waals surface area contributed by atoms with Gasteiger partial charge in [-0.05, 0) is 18.1 Å². The molecule has 0 atom stereocenters. The van der Waals surface area contributed by atoms with E-state index >= 15 is 0 Å². The average molecular weight is 332 g/mol. The molecule has 1 N–H and O–H groups in total. The molecule has 0 aliphatic rings. The van der Waals surface area contributed by atoms with Crippen molar-refractivity contribution in [3.05, 3.63) is 74.8 Å². The summed E-state index contributed by atoms with van der Waals surface area (Å²) in [5, 5.41) is 14.8. The number of hydrogen-bond acceptors (Lipinski definition) is 4. The number of nitro benzene ring substituents is 1. The zero-order valence-electron chi connectivity index (χ0n) is 12.1. The SMILES string of the molecule is O=C(CCc1ccccc1)N/N=C\c1cc([N+](=O)[O-])ccc1Cl. The van der Waals surface area contributed by atoms with Crippen LogP contribution in [0.2, 0.25) is 5.02 Å². The summed E-state index contributed by atoms with van der Waals surface area (Å²) >= 11 is 5.93. The van der Waals surface area contributed by atoms with Crippen molar-refractivity contribution in [3.8, 4) is 0 Å². The lowest BCUT2D eigenvalue weighted by molar-refractivity contribution is -0.384. The van der Waals surface area contributed by atoms with E-state index in [0.29, 0.717) is 23.4 Å². The second-order valence-electron chi connectivity index (χ2n) is 4.74. The molecule has 0 saturated carbocycles. The highest BCUT2D eigenvalue weighted by Crippen LogP contribution is 2.20.